The average Bonchev–Trinajstić information content (AvgIpc) is 2.93. The Morgan fingerprint density at radius 1 is 1.21 bits per heavy atom. The molecule has 1 nitrogen and oxygen atoms in total. The van der Waals surface area contributed by atoms with Crippen molar-refractivity contribution in [3.63, 3.8) is 0 Å². The van der Waals surface area contributed by atoms with Crippen molar-refractivity contribution in [2.45, 2.75) is 31.5 Å². The molecule has 1 unspecified atom stereocenters. The van der Waals surface area contributed by atoms with Crippen LogP contribution in [0, 0.1) is 0 Å². The predicted molar refractivity (Wildman–Crippen MR) is 86.7 cm³/mol. The number of benzene rings is 1. The van der Waals surface area contributed by atoms with Gasteiger partial charge in [0.1, 0.15) is 5.75 Å². The molecule has 0 saturated carbocycles. The summed E-state index contributed by atoms with van der Waals surface area (Å²) in [6.07, 6.45) is 2.14. The normalized spacial score (nSPS) is 12.4. The van der Waals surface area contributed by atoms with E-state index in [9.17, 15) is 0 Å². The van der Waals surface area contributed by atoms with Crippen molar-refractivity contribution >= 4 is 27.3 Å². The van der Waals surface area contributed by atoms with E-state index in [1.165, 1.54) is 15.3 Å². The van der Waals surface area contributed by atoms with Crippen LogP contribution in [0.25, 0.3) is 0 Å². The van der Waals surface area contributed by atoms with Gasteiger partial charge in [0.2, 0.25) is 0 Å². The van der Waals surface area contributed by atoms with Crippen molar-refractivity contribution in [2.75, 3.05) is 6.61 Å². The van der Waals surface area contributed by atoms with Gasteiger partial charge >= 0.3 is 0 Å². The molecule has 0 fully saturated rings. The highest BCUT2D eigenvalue weighted by molar-refractivity contribution is 9.09. The number of thiophene rings is 1. The fourth-order valence-electron chi connectivity index (χ4n) is 1.87. The van der Waals surface area contributed by atoms with Crippen LogP contribution in [0.4, 0.5) is 0 Å². The van der Waals surface area contributed by atoms with Crippen LogP contribution in [0.2, 0.25) is 0 Å². The summed E-state index contributed by atoms with van der Waals surface area (Å²) in [7, 11) is 0. The molecule has 0 saturated heterocycles. The van der Waals surface area contributed by atoms with E-state index in [0.29, 0.717) is 0 Å². The van der Waals surface area contributed by atoms with Gasteiger partial charge in [0.15, 0.2) is 0 Å². The van der Waals surface area contributed by atoms with Gasteiger partial charge in [-0.3, -0.25) is 0 Å². The molecule has 0 bridgehead atoms. The molecule has 2 rings (SSSR count). The fraction of sp³-hybridized carbons (Fsp3) is 0.375. The molecule has 1 heterocycles. The molecule has 0 N–H and O–H groups in total. The second-order valence-electron chi connectivity index (χ2n) is 4.44. The van der Waals surface area contributed by atoms with Crippen molar-refractivity contribution in [2.24, 2.45) is 0 Å². The SMILES string of the molecule is CCCOc1cccc(C(Br)c2ccc(CC)s2)c1. The van der Waals surface area contributed by atoms with Gasteiger partial charge in [-0.2, -0.15) is 0 Å². The van der Waals surface area contributed by atoms with Gasteiger partial charge in [0.05, 0.1) is 11.4 Å². The zero-order valence-corrected chi connectivity index (χ0v) is 13.8. The van der Waals surface area contributed by atoms with Gasteiger partial charge in [-0.05, 0) is 42.7 Å². The van der Waals surface area contributed by atoms with Gasteiger partial charge in [-0.15, -0.1) is 11.3 Å². The topological polar surface area (TPSA) is 9.23 Å². The number of aryl methyl sites for hydroxylation is 1. The Kier molecular flexibility index (Phi) is 5.46. The highest BCUT2D eigenvalue weighted by Gasteiger charge is 2.13. The highest BCUT2D eigenvalue weighted by atomic mass is 79.9. The van der Waals surface area contributed by atoms with Crippen LogP contribution >= 0.6 is 27.3 Å². The monoisotopic (exact) mass is 338 g/mol. The van der Waals surface area contributed by atoms with E-state index in [2.05, 4.69) is 60.1 Å². The van der Waals surface area contributed by atoms with Crippen LogP contribution < -0.4 is 4.74 Å². The summed E-state index contributed by atoms with van der Waals surface area (Å²) in [5.41, 5.74) is 1.25. The molecule has 3 heteroatoms. The Morgan fingerprint density at radius 2 is 2.05 bits per heavy atom. The molecule has 1 aromatic carbocycles. The number of rotatable bonds is 6. The molecule has 0 radical (unpaired) electrons. The second-order valence-corrected chi connectivity index (χ2v) is 6.56. The van der Waals surface area contributed by atoms with Gasteiger partial charge in [-0.1, -0.05) is 41.9 Å². The number of halogens is 1. The van der Waals surface area contributed by atoms with E-state index in [1.54, 1.807) is 0 Å². The summed E-state index contributed by atoms with van der Waals surface area (Å²) in [5.74, 6) is 0.955. The summed E-state index contributed by atoms with van der Waals surface area (Å²) in [6, 6.07) is 12.8. The first-order valence-electron chi connectivity index (χ1n) is 6.70. The second kappa shape index (κ2) is 7.11. The lowest BCUT2D eigenvalue weighted by Gasteiger charge is -2.11. The molecule has 1 aromatic heterocycles. The predicted octanol–water partition coefficient (Wildman–Crippen LogP) is 5.58. The molecule has 0 aliphatic carbocycles. The van der Waals surface area contributed by atoms with Crippen LogP contribution in [0.5, 0.6) is 5.75 Å². The minimum absolute atomic E-state index is 0.253. The van der Waals surface area contributed by atoms with E-state index in [-0.39, 0.29) is 4.83 Å². The number of ether oxygens (including phenoxy) is 1. The van der Waals surface area contributed by atoms with Gasteiger partial charge in [0, 0.05) is 9.75 Å². The molecule has 0 spiro atoms. The van der Waals surface area contributed by atoms with Crippen LogP contribution in [-0.2, 0) is 6.42 Å². The summed E-state index contributed by atoms with van der Waals surface area (Å²) in [6.45, 7) is 5.09. The maximum atomic E-state index is 5.69. The van der Waals surface area contributed by atoms with E-state index in [1.807, 2.05) is 17.4 Å². The van der Waals surface area contributed by atoms with E-state index in [0.717, 1.165) is 25.2 Å². The third kappa shape index (κ3) is 3.83. The molecule has 1 atom stereocenters. The summed E-state index contributed by atoms with van der Waals surface area (Å²) < 4.78 is 5.69. The Balaban J connectivity index is 2.15. The Labute approximate surface area is 127 Å². The summed E-state index contributed by atoms with van der Waals surface area (Å²) >= 11 is 5.67. The maximum Gasteiger partial charge on any atom is 0.119 e. The number of hydrogen-bond acceptors (Lipinski definition) is 2. The quantitative estimate of drug-likeness (QED) is 0.624. The maximum absolute atomic E-state index is 5.69. The first-order valence-corrected chi connectivity index (χ1v) is 8.43. The lowest BCUT2D eigenvalue weighted by Crippen LogP contribution is -1.96. The third-order valence-corrected chi connectivity index (χ3v) is 5.52. The van der Waals surface area contributed by atoms with Crippen LogP contribution in [-0.4, -0.2) is 6.61 Å². The van der Waals surface area contributed by atoms with E-state index >= 15 is 0 Å². The molecule has 102 valence electrons. The smallest absolute Gasteiger partial charge is 0.119 e. The zero-order chi connectivity index (χ0) is 13.7. The minimum Gasteiger partial charge on any atom is -0.494 e. The van der Waals surface area contributed by atoms with Gasteiger partial charge < -0.3 is 4.74 Å². The molecular formula is C16H19BrOS. The fourth-order valence-corrected chi connectivity index (χ4v) is 3.54. The highest BCUT2D eigenvalue weighted by Crippen LogP contribution is 2.36. The third-order valence-electron chi connectivity index (χ3n) is 2.90. The first-order chi connectivity index (χ1) is 9.24. The first kappa shape index (κ1) is 14.6. The molecule has 0 aliphatic rings. The van der Waals surface area contributed by atoms with Crippen LogP contribution in [0.15, 0.2) is 36.4 Å². The zero-order valence-electron chi connectivity index (χ0n) is 11.4. The van der Waals surface area contributed by atoms with E-state index < -0.39 is 0 Å². The lowest BCUT2D eigenvalue weighted by molar-refractivity contribution is 0.317. The molecule has 2 aromatic rings. The van der Waals surface area contributed by atoms with Gasteiger partial charge in [0.25, 0.3) is 0 Å². The van der Waals surface area contributed by atoms with Crippen molar-refractivity contribution in [1.82, 2.24) is 0 Å². The van der Waals surface area contributed by atoms with Crippen molar-refractivity contribution in [1.29, 1.82) is 0 Å². The largest absolute Gasteiger partial charge is 0.494 e. The Hall–Kier alpha value is -0.800. The van der Waals surface area contributed by atoms with Crippen LogP contribution in [0.3, 0.4) is 0 Å². The molecule has 19 heavy (non-hydrogen) atoms. The standard InChI is InChI=1S/C16H19BrOS/c1-3-10-18-13-7-5-6-12(11-13)16(17)15-9-8-14(4-2)19-15/h5-9,11,16H,3-4,10H2,1-2H3. The molecule has 0 amide bonds. The number of alkyl halides is 1. The Bertz CT molecular complexity index is 521. The molecule has 0 aliphatic heterocycles. The van der Waals surface area contributed by atoms with E-state index in [4.69, 9.17) is 4.74 Å². The minimum atomic E-state index is 0.253. The van der Waals surface area contributed by atoms with Crippen molar-refractivity contribution in [3.05, 3.63) is 51.7 Å². The van der Waals surface area contributed by atoms with Crippen LogP contribution in [0.1, 0.15) is 40.4 Å². The van der Waals surface area contributed by atoms with Gasteiger partial charge in [-0.25, -0.2) is 0 Å². The van der Waals surface area contributed by atoms with Crippen molar-refractivity contribution in [3.8, 4) is 5.75 Å². The lowest BCUT2D eigenvalue weighted by atomic mass is 10.1. The average molecular weight is 339 g/mol. The molecular weight excluding hydrogens is 320 g/mol. The van der Waals surface area contributed by atoms with Crippen molar-refractivity contribution < 1.29 is 4.74 Å². The summed E-state index contributed by atoms with van der Waals surface area (Å²) in [4.78, 5) is 3.03. The Morgan fingerprint density at radius 3 is 2.74 bits per heavy atom. The summed E-state index contributed by atoms with van der Waals surface area (Å²) in [5, 5.41) is 0. The number of hydrogen-bond donors (Lipinski definition) is 0.